The molecule has 0 atom stereocenters. The predicted molar refractivity (Wildman–Crippen MR) is 138 cm³/mol. The summed E-state index contributed by atoms with van der Waals surface area (Å²) in [6.07, 6.45) is 5.90. The van der Waals surface area contributed by atoms with Gasteiger partial charge in [0.05, 0.1) is 18.3 Å². The smallest absolute Gasteiger partial charge is 0.333 e. The zero-order valence-electron chi connectivity index (χ0n) is 21.2. The first-order chi connectivity index (χ1) is 17.0. The van der Waals surface area contributed by atoms with Gasteiger partial charge in [-0.2, -0.15) is 13.5 Å². The number of methoxy groups -OCH3 is 1. The third-order valence-corrected chi connectivity index (χ3v) is 7.39. The van der Waals surface area contributed by atoms with Crippen molar-refractivity contribution in [2.24, 2.45) is 0 Å². The fourth-order valence-electron chi connectivity index (χ4n) is 4.69. The van der Waals surface area contributed by atoms with Gasteiger partial charge < -0.3 is 15.0 Å². The fraction of sp³-hybridized carbons (Fsp3) is 0.400. The van der Waals surface area contributed by atoms with E-state index in [0.29, 0.717) is 18.1 Å². The van der Waals surface area contributed by atoms with E-state index in [-0.39, 0.29) is 5.03 Å². The van der Waals surface area contributed by atoms with Crippen molar-refractivity contribution in [2.45, 2.75) is 43.7 Å². The van der Waals surface area contributed by atoms with E-state index < -0.39 is 21.6 Å². The maximum absolute atomic E-state index is 13.0. The molecule has 1 aromatic carbocycles. The molecule has 10 nitrogen and oxygen atoms in total. The van der Waals surface area contributed by atoms with Crippen LogP contribution in [0.5, 0.6) is 5.88 Å². The number of nitrogens with zero attached hydrogens (tertiary/aromatic N) is 4. The van der Waals surface area contributed by atoms with Gasteiger partial charge in [-0.25, -0.2) is 14.5 Å². The number of sulfonamides is 1. The molecular weight excluding hydrogens is 480 g/mol. The van der Waals surface area contributed by atoms with E-state index in [0.717, 1.165) is 41.5 Å². The molecule has 1 aliphatic carbocycles. The van der Waals surface area contributed by atoms with Crippen LogP contribution in [0.3, 0.4) is 0 Å². The molecular formula is C25H32N6O4S. The molecule has 2 N–H and O–H groups in total. The van der Waals surface area contributed by atoms with E-state index in [9.17, 15) is 13.2 Å². The zero-order valence-corrected chi connectivity index (χ0v) is 22.0. The number of fused-ring (bicyclic) bond motifs is 1. The fourth-order valence-corrected chi connectivity index (χ4v) is 5.52. The van der Waals surface area contributed by atoms with E-state index in [1.165, 1.54) is 13.2 Å². The number of urea groups is 1. The van der Waals surface area contributed by atoms with Crippen molar-refractivity contribution in [3.63, 3.8) is 0 Å². The van der Waals surface area contributed by atoms with Crippen LogP contribution < -0.4 is 14.8 Å². The highest BCUT2D eigenvalue weighted by Crippen LogP contribution is 2.38. The second kappa shape index (κ2) is 9.90. The van der Waals surface area contributed by atoms with E-state index in [2.05, 4.69) is 20.1 Å². The highest BCUT2D eigenvalue weighted by molar-refractivity contribution is 7.90. The van der Waals surface area contributed by atoms with Crippen LogP contribution >= 0.6 is 0 Å². The number of nitrogens with one attached hydrogen (secondary N) is 2. The van der Waals surface area contributed by atoms with Gasteiger partial charge in [-0.15, -0.1) is 0 Å². The second-order valence-corrected chi connectivity index (χ2v) is 11.4. The van der Waals surface area contributed by atoms with Crippen LogP contribution in [-0.4, -0.2) is 61.9 Å². The first kappa shape index (κ1) is 25.6. The number of benzene rings is 1. The minimum absolute atomic E-state index is 0.220. The van der Waals surface area contributed by atoms with Gasteiger partial charge in [0, 0.05) is 30.6 Å². The van der Waals surface area contributed by atoms with Crippen molar-refractivity contribution in [3.05, 3.63) is 53.9 Å². The van der Waals surface area contributed by atoms with Gasteiger partial charge in [-0.3, -0.25) is 4.68 Å². The lowest BCUT2D eigenvalue weighted by molar-refractivity contribution is 0.221. The van der Waals surface area contributed by atoms with Crippen LogP contribution in [0.1, 0.15) is 31.4 Å². The molecule has 0 spiro atoms. The van der Waals surface area contributed by atoms with Crippen molar-refractivity contribution in [1.29, 1.82) is 0 Å². The molecule has 0 bridgehead atoms. The van der Waals surface area contributed by atoms with Gasteiger partial charge in [0.1, 0.15) is 0 Å². The molecule has 0 saturated heterocycles. The normalized spacial score (nSPS) is 13.5. The number of aryl methyl sites for hydroxylation is 1. The van der Waals surface area contributed by atoms with Gasteiger partial charge in [0.25, 0.3) is 10.0 Å². The molecule has 2 amide bonds. The Bertz CT molecular complexity index is 1380. The van der Waals surface area contributed by atoms with Crippen molar-refractivity contribution in [1.82, 2.24) is 24.4 Å². The number of anilines is 1. The Morgan fingerprint density at radius 2 is 1.97 bits per heavy atom. The van der Waals surface area contributed by atoms with Gasteiger partial charge in [-0.1, -0.05) is 12.1 Å². The molecule has 192 valence electrons. The van der Waals surface area contributed by atoms with Gasteiger partial charge in [0.15, 0.2) is 5.03 Å². The molecule has 4 rings (SSSR count). The number of hydrogen-bond acceptors (Lipinski definition) is 7. The molecule has 36 heavy (non-hydrogen) atoms. The second-order valence-electron chi connectivity index (χ2n) is 9.77. The standard InChI is InChI=1S/C25H32N6O4S/c1-25(2,16-30(3)4)31-14-12-22(28-31)36(33,34)29-24(32)27-23-19-8-6-7-17(19)9-10-20(23)18-11-13-26-21(15-18)35-5/h9-15H,6-8,16H2,1-5H3,(H2,27,29,32). The summed E-state index contributed by atoms with van der Waals surface area (Å²) in [7, 11) is 1.22. The van der Waals surface area contributed by atoms with Gasteiger partial charge >= 0.3 is 6.03 Å². The predicted octanol–water partition coefficient (Wildman–Crippen LogP) is 3.25. The first-order valence-corrected chi connectivity index (χ1v) is 13.2. The van der Waals surface area contributed by atoms with Crippen LogP contribution in [0, 0.1) is 0 Å². The van der Waals surface area contributed by atoms with E-state index in [1.807, 2.05) is 51.0 Å². The van der Waals surface area contributed by atoms with Crippen LogP contribution in [0.15, 0.2) is 47.8 Å². The van der Waals surface area contributed by atoms with Crippen LogP contribution in [0.2, 0.25) is 0 Å². The minimum Gasteiger partial charge on any atom is -0.481 e. The molecule has 0 aliphatic heterocycles. The Morgan fingerprint density at radius 1 is 1.19 bits per heavy atom. The Balaban J connectivity index is 1.60. The summed E-state index contributed by atoms with van der Waals surface area (Å²) in [6.45, 7) is 4.58. The van der Waals surface area contributed by atoms with Crippen molar-refractivity contribution in [2.75, 3.05) is 33.1 Å². The summed E-state index contributed by atoms with van der Waals surface area (Å²) in [5.74, 6) is 0.443. The third-order valence-electron chi connectivity index (χ3n) is 6.17. The third kappa shape index (κ3) is 5.36. The van der Waals surface area contributed by atoms with Crippen LogP contribution in [0.25, 0.3) is 11.1 Å². The summed E-state index contributed by atoms with van der Waals surface area (Å²) >= 11 is 0. The molecule has 2 aromatic heterocycles. The quantitative estimate of drug-likeness (QED) is 0.476. The number of pyridine rings is 1. The van der Waals surface area contributed by atoms with Gasteiger partial charge in [0.2, 0.25) is 5.88 Å². The largest absolute Gasteiger partial charge is 0.481 e. The number of carbonyl (C=O) groups is 1. The summed E-state index contributed by atoms with van der Waals surface area (Å²) < 4.78 is 34.9. The maximum atomic E-state index is 13.0. The lowest BCUT2D eigenvalue weighted by Crippen LogP contribution is -2.38. The molecule has 0 radical (unpaired) electrons. The Morgan fingerprint density at radius 3 is 2.69 bits per heavy atom. The average Bonchev–Trinajstić information content (AvgIpc) is 3.49. The highest BCUT2D eigenvalue weighted by atomic mass is 32.2. The van der Waals surface area contributed by atoms with Crippen molar-refractivity contribution in [3.8, 4) is 17.0 Å². The number of hydrogen-bond donors (Lipinski definition) is 2. The molecule has 1 aliphatic rings. The minimum atomic E-state index is -4.19. The maximum Gasteiger partial charge on any atom is 0.333 e. The summed E-state index contributed by atoms with van der Waals surface area (Å²) in [5, 5.41) is 6.83. The summed E-state index contributed by atoms with van der Waals surface area (Å²) in [4.78, 5) is 19.1. The number of carbonyl (C=O) groups excluding carboxylic acids is 1. The lowest BCUT2D eigenvalue weighted by atomic mass is 9.98. The highest BCUT2D eigenvalue weighted by Gasteiger charge is 2.27. The summed E-state index contributed by atoms with van der Waals surface area (Å²) in [5.41, 5.74) is 3.86. The molecule has 2 heterocycles. The Hall–Kier alpha value is -3.44. The molecule has 0 unspecified atom stereocenters. The van der Waals surface area contributed by atoms with E-state index >= 15 is 0 Å². The lowest BCUT2D eigenvalue weighted by Gasteiger charge is -2.28. The zero-order chi connectivity index (χ0) is 26.1. The number of ether oxygens (including phenoxy) is 1. The molecule has 3 aromatic rings. The van der Waals surface area contributed by atoms with Crippen molar-refractivity contribution < 1.29 is 17.9 Å². The molecule has 11 heteroatoms. The average molecular weight is 513 g/mol. The Labute approximate surface area is 211 Å². The van der Waals surface area contributed by atoms with Crippen molar-refractivity contribution >= 4 is 21.7 Å². The number of rotatable bonds is 8. The molecule has 0 saturated carbocycles. The monoisotopic (exact) mass is 512 g/mol. The number of aromatic nitrogens is 3. The van der Waals surface area contributed by atoms with Crippen LogP contribution in [-0.2, 0) is 28.4 Å². The Kier molecular flexibility index (Phi) is 7.05. The number of likely N-dealkylation sites (N-methyl/N-ethyl adjacent to an activating group) is 1. The molecule has 0 fully saturated rings. The summed E-state index contributed by atoms with van der Waals surface area (Å²) in [6, 6.07) is 8.12. The van der Waals surface area contributed by atoms with Gasteiger partial charge in [-0.05, 0) is 76.0 Å². The first-order valence-electron chi connectivity index (χ1n) is 11.7. The SMILES string of the molecule is COc1cc(-c2ccc3c(c2NC(=O)NS(=O)(=O)c2ccn(C(C)(C)CN(C)C)n2)CCC3)ccn1. The van der Waals surface area contributed by atoms with Crippen LogP contribution in [0.4, 0.5) is 10.5 Å². The number of amides is 2. The van der Waals surface area contributed by atoms with E-state index in [4.69, 9.17) is 4.74 Å². The van der Waals surface area contributed by atoms with E-state index in [1.54, 1.807) is 23.1 Å². The topological polar surface area (TPSA) is 118 Å².